The van der Waals surface area contributed by atoms with Gasteiger partial charge in [0, 0.05) is 6.42 Å². The Morgan fingerprint density at radius 3 is 2.76 bits per heavy atom. The van der Waals surface area contributed by atoms with Gasteiger partial charge in [-0.05, 0) is 30.5 Å². The maximum absolute atomic E-state index is 11.7. The normalized spacial score (nSPS) is 12.4. The van der Waals surface area contributed by atoms with Crippen LogP contribution < -0.4 is 4.74 Å². The fourth-order valence-corrected chi connectivity index (χ4v) is 2.36. The lowest BCUT2D eigenvalue weighted by atomic mass is 9.92. The van der Waals surface area contributed by atoms with Crippen LogP contribution >= 0.6 is 0 Å². The maximum atomic E-state index is 11.7. The summed E-state index contributed by atoms with van der Waals surface area (Å²) in [7, 11) is 1.63. The highest BCUT2D eigenvalue weighted by Gasteiger charge is 2.26. The van der Waals surface area contributed by atoms with Gasteiger partial charge >= 0.3 is 0 Å². The fraction of sp³-hybridized carbons (Fsp3) is 0.438. The molecule has 2 aromatic rings. The van der Waals surface area contributed by atoms with Crippen LogP contribution in [0.1, 0.15) is 44.0 Å². The second-order valence-corrected chi connectivity index (χ2v) is 5.41. The van der Waals surface area contributed by atoms with Crippen LogP contribution in [0, 0.1) is 5.92 Å². The number of nitrogens with zero attached hydrogens (tertiary/aromatic N) is 2. The lowest BCUT2D eigenvalue weighted by molar-refractivity contribution is -0.119. The molecule has 1 heterocycles. The highest BCUT2D eigenvalue weighted by atomic mass is 16.5. The molecule has 112 valence electrons. The second kappa shape index (κ2) is 6.52. The van der Waals surface area contributed by atoms with E-state index in [1.165, 1.54) is 0 Å². The van der Waals surface area contributed by atoms with Crippen LogP contribution in [0.25, 0.3) is 0 Å². The summed E-state index contributed by atoms with van der Waals surface area (Å²) in [6, 6.07) is 7.71. The van der Waals surface area contributed by atoms with Crippen molar-refractivity contribution in [1.29, 1.82) is 0 Å². The van der Waals surface area contributed by atoms with Crippen LogP contribution in [-0.4, -0.2) is 23.0 Å². The van der Waals surface area contributed by atoms with Gasteiger partial charge in [0.1, 0.15) is 11.5 Å². The molecule has 0 N–H and O–H groups in total. The van der Waals surface area contributed by atoms with Crippen molar-refractivity contribution in [2.45, 2.75) is 33.1 Å². The predicted octanol–water partition coefficient (Wildman–Crippen LogP) is 3.00. The Hall–Kier alpha value is -2.17. The largest absolute Gasteiger partial charge is 0.497 e. The van der Waals surface area contributed by atoms with Gasteiger partial charge in [0.25, 0.3) is 0 Å². The molecule has 1 aromatic heterocycles. The van der Waals surface area contributed by atoms with Crippen molar-refractivity contribution in [1.82, 2.24) is 10.1 Å². The van der Waals surface area contributed by atoms with Crippen molar-refractivity contribution < 1.29 is 14.1 Å². The van der Waals surface area contributed by atoms with Gasteiger partial charge < -0.3 is 9.26 Å². The number of ether oxygens (including phenoxy) is 1. The van der Waals surface area contributed by atoms with E-state index in [1.807, 2.05) is 38.1 Å². The minimum absolute atomic E-state index is 0.0431. The summed E-state index contributed by atoms with van der Waals surface area (Å²) < 4.78 is 10.5. The SMILES string of the molecule is COc1cccc(Cc2noc(C(C(C)=O)C(C)C)n2)c1. The molecule has 2 rings (SSSR count). The van der Waals surface area contributed by atoms with E-state index in [4.69, 9.17) is 9.26 Å². The zero-order valence-corrected chi connectivity index (χ0v) is 12.8. The number of carbonyl (C=O) groups excluding carboxylic acids is 1. The van der Waals surface area contributed by atoms with Crippen molar-refractivity contribution >= 4 is 5.78 Å². The molecule has 5 heteroatoms. The predicted molar refractivity (Wildman–Crippen MR) is 78.4 cm³/mol. The zero-order valence-electron chi connectivity index (χ0n) is 12.8. The summed E-state index contributed by atoms with van der Waals surface area (Å²) in [5.74, 6) is 1.60. The molecule has 0 saturated carbocycles. The lowest BCUT2D eigenvalue weighted by Crippen LogP contribution is -2.15. The third kappa shape index (κ3) is 3.68. The number of hydrogen-bond acceptors (Lipinski definition) is 5. The molecule has 1 unspecified atom stereocenters. The molecule has 0 radical (unpaired) electrons. The van der Waals surface area contributed by atoms with Gasteiger partial charge in [0.2, 0.25) is 5.89 Å². The molecular weight excluding hydrogens is 268 g/mol. The number of rotatable bonds is 6. The van der Waals surface area contributed by atoms with E-state index in [0.717, 1.165) is 11.3 Å². The number of Topliss-reactive ketones (excluding diaryl/α,β-unsaturated/α-hetero) is 1. The molecular formula is C16H20N2O3. The van der Waals surface area contributed by atoms with Crippen LogP contribution in [0.2, 0.25) is 0 Å². The van der Waals surface area contributed by atoms with Gasteiger partial charge in [-0.1, -0.05) is 31.1 Å². The molecule has 1 aromatic carbocycles. The summed E-state index contributed by atoms with van der Waals surface area (Å²) in [6.07, 6.45) is 0.545. The molecule has 0 bridgehead atoms. The first-order chi connectivity index (χ1) is 10.0. The van der Waals surface area contributed by atoms with Gasteiger partial charge in [-0.2, -0.15) is 4.98 Å². The maximum Gasteiger partial charge on any atom is 0.237 e. The van der Waals surface area contributed by atoms with Crippen LogP contribution in [0.15, 0.2) is 28.8 Å². The summed E-state index contributed by atoms with van der Waals surface area (Å²) >= 11 is 0. The summed E-state index contributed by atoms with van der Waals surface area (Å²) in [6.45, 7) is 5.49. The molecule has 0 saturated heterocycles. The van der Waals surface area contributed by atoms with E-state index in [1.54, 1.807) is 14.0 Å². The Morgan fingerprint density at radius 1 is 1.38 bits per heavy atom. The average Bonchev–Trinajstić information content (AvgIpc) is 2.86. The Balaban J connectivity index is 2.17. The third-order valence-electron chi connectivity index (χ3n) is 3.35. The number of hydrogen-bond donors (Lipinski definition) is 0. The molecule has 0 fully saturated rings. The van der Waals surface area contributed by atoms with Crippen molar-refractivity contribution in [3.8, 4) is 5.75 Å². The van der Waals surface area contributed by atoms with Gasteiger partial charge in [0.05, 0.1) is 13.0 Å². The van der Waals surface area contributed by atoms with Crippen molar-refractivity contribution in [3.05, 3.63) is 41.5 Å². The van der Waals surface area contributed by atoms with E-state index < -0.39 is 0 Å². The van der Waals surface area contributed by atoms with Crippen LogP contribution in [0.4, 0.5) is 0 Å². The molecule has 1 atom stereocenters. The van der Waals surface area contributed by atoms with Gasteiger partial charge in [-0.3, -0.25) is 4.79 Å². The monoisotopic (exact) mass is 288 g/mol. The minimum Gasteiger partial charge on any atom is -0.497 e. The van der Waals surface area contributed by atoms with Crippen LogP contribution in [0.3, 0.4) is 0 Å². The minimum atomic E-state index is -0.337. The molecule has 0 aliphatic heterocycles. The quantitative estimate of drug-likeness (QED) is 0.817. The zero-order chi connectivity index (χ0) is 15.4. The first kappa shape index (κ1) is 15.2. The van der Waals surface area contributed by atoms with Gasteiger partial charge in [-0.25, -0.2) is 0 Å². The Labute approximate surface area is 124 Å². The fourth-order valence-electron chi connectivity index (χ4n) is 2.36. The van der Waals surface area contributed by atoms with Gasteiger partial charge in [-0.15, -0.1) is 0 Å². The van der Waals surface area contributed by atoms with E-state index in [-0.39, 0.29) is 17.6 Å². The number of aromatic nitrogens is 2. The van der Waals surface area contributed by atoms with Crippen molar-refractivity contribution in [2.75, 3.05) is 7.11 Å². The summed E-state index contributed by atoms with van der Waals surface area (Å²) in [5.41, 5.74) is 1.03. The molecule has 21 heavy (non-hydrogen) atoms. The number of carbonyl (C=O) groups is 1. The Bertz CT molecular complexity index is 619. The van der Waals surface area contributed by atoms with Crippen LogP contribution in [0.5, 0.6) is 5.75 Å². The third-order valence-corrected chi connectivity index (χ3v) is 3.35. The molecule has 0 spiro atoms. The molecule has 0 aliphatic rings. The first-order valence-corrected chi connectivity index (χ1v) is 6.97. The van der Waals surface area contributed by atoms with E-state index in [2.05, 4.69) is 10.1 Å². The van der Waals surface area contributed by atoms with Gasteiger partial charge in [0.15, 0.2) is 5.82 Å². The van der Waals surface area contributed by atoms with E-state index >= 15 is 0 Å². The van der Waals surface area contributed by atoms with Crippen molar-refractivity contribution in [2.24, 2.45) is 5.92 Å². The molecule has 0 amide bonds. The highest BCUT2D eigenvalue weighted by Crippen LogP contribution is 2.24. The second-order valence-electron chi connectivity index (χ2n) is 5.41. The average molecular weight is 288 g/mol. The smallest absolute Gasteiger partial charge is 0.237 e. The highest BCUT2D eigenvalue weighted by molar-refractivity contribution is 5.82. The lowest BCUT2D eigenvalue weighted by Gasteiger charge is -2.12. The number of methoxy groups -OCH3 is 1. The van der Waals surface area contributed by atoms with Crippen LogP contribution in [-0.2, 0) is 11.2 Å². The standard InChI is InChI=1S/C16H20N2O3/c1-10(2)15(11(3)19)16-17-14(18-21-16)9-12-6-5-7-13(8-12)20-4/h5-8,10,15H,9H2,1-4H3. The van der Waals surface area contributed by atoms with E-state index in [0.29, 0.717) is 18.1 Å². The Kier molecular flexibility index (Phi) is 4.73. The van der Waals surface area contributed by atoms with E-state index in [9.17, 15) is 4.79 Å². The topological polar surface area (TPSA) is 65.2 Å². The Morgan fingerprint density at radius 2 is 2.14 bits per heavy atom. The van der Waals surface area contributed by atoms with Crippen molar-refractivity contribution in [3.63, 3.8) is 0 Å². The number of ketones is 1. The first-order valence-electron chi connectivity index (χ1n) is 6.97. The molecule has 0 aliphatic carbocycles. The number of benzene rings is 1. The summed E-state index contributed by atoms with van der Waals surface area (Å²) in [4.78, 5) is 16.1. The molecule has 5 nitrogen and oxygen atoms in total. The summed E-state index contributed by atoms with van der Waals surface area (Å²) in [5, 5.41) is 3.97.